The van der Waals surface area contributed by atoms with Crippen LogP contribution in [0.3, 0.4) is 0 Å². The number of alkyl halides is 3. The van der Waals surface area contributed by atoms with Crippen LogP contribution in [0.4, 0.5) is 18.9 Å². The second kappa shape index (κ2) is 8.77. The van der Waals surface area contributed by atoms with Crippen molar-refractivity contribution in [2.24, 2.45) is 0 Å². The molecule has 2 aromatic rings. The molecule has 1 saturated heterocycles. The van der Waals surface area contributed by atoms with Gasteiger partial charge in [-0.3, -0.25) is 9.59 Å². The standard InChI is InChI=1S/C23H28F3N3O2/c1-22(2,3)16-4-7-19(8-5-16)28-12-10-18(11-13-28)27-20(30)15-29-14-17(23(24,25)26)6-9-21(29)31/h4-9,14,18H,10-13,15H2,1-3H3,(H,27,30). The molecule has 3 rings (SSSR count). The molecular weight excluding hydrogens is 407 g/mol. The maximum Gasteiger partial charge on any atom is 0.417 e. The number of nitrogens with one attached hydrogen (secondary N) is 1. The summed E-state index contributed by atoms with van der Waals surface area (Å²) in [4.78, 5) is 26.4. The predicted molar refractivity (Wildman–Crippen MR) is 114 cm³/mol. The van der Waals surface area contributed by atoms with E-state index in [1.807, 2.05) is 0 Å². The highest BCUT2D eigenvalue weighted by molar-refractivity contribution is 5.76. The molecule has 5 nitrogen and oxygen atoms in total. The zero-order valence-electron chi connectivity index (χ0n) is 18.0. The summed E-state index contributed by atoms with van der Waals surface area (Å²) in [7, 11) is 0. The van der Waals surface area contributed by atoms with Crippen LogP contribution < -0.4 is 15.8 Å². The van der Waals surface area contributed by atoms with Gasteiger partial charge >= 0.3 is 6.18 Å². The number of pyridine rings is 1. The van der Waals surface area contributed by atoms with Gasteiger partial charge in [-0.05, 0) is 42.0 Å². The molecule has 1 aromatic carbocycles. The van der Waals surface area contributed by atoms with Crippen LogP contribution in [-0.4, -0.2) is 29.6 Å². The molecule has 0 radical (unpaired) electrons. The third kappa shape index (κ3) is 5.89. The lowest BCUT2D eigenvalue weighted by molar-refractivity contribution is -0.138. The highest BCUT2D eigenvalue weighted by Crippen LogP contribution is 2.28. The maximum absolute atomic E-state index is 12.8. The van der Waals surface area contributed by atoms with Crippen molar-refractivity contribution >= 4 is 11.6 Å². The van der Waals surface area contributed by atoms with E-state index in [4.69, 9.17) is 0 Å². The first-order valence-corrected chi connectivity index (χ1v) is 10.4. The van der Waals surface area contributed by atoms with E-state index in [0.717, 1.165) is 48.3 Å². The fourth-order valence-corrected chi connectivity index (χ4v) is 3.70. The third-order valence-electron chi connectivity index (χ3n) is 5.58. The van der Waals surface area contributed by atoms with Crippen LogP contribution in [0.1, 0.15) is 44.7 Å². The molecule has 0 unspecified atom stereocenters. The number of carbonyl (C=O) groups is 1. The number of anilines is 1. The first kappa shape index (κ1) is 22.9. The first-order chi connectivity index (χ1) is 14.4. The van der Waals surface area contributed by atoms with Crippen molar-refractivity contribution in [3.05, 3.63) is 64.1 Å². The minimum atomic E-state index is -4.57. The van der Waals surface area contributed by atoms with E-state index in [1.54, 1.807) is 0 Å². The van der Waals surface area contributed by atoms with Gasteiger partial charge in [-0.2, -0.15) is 13.2 Å². The van der Waals surface area contributed by atoms with Gasteiger partial charge in [0, 0.05) is 37.1 Å². The van der Waals surface area contributed by atoms with E-state index in [0.29, 0.717) is 6.20 Å². The lowest BCUT2D eigenvalue weighted by atomic mass is 9.87. The fraction of sp³-hybridized carbons (Fsp3) is 0.478. The Morgan fingerprint density at radius 3 is 2.13 bits per heavy atom. The lowest BCUT2D eigenvalue weighted by Crippen LogP contribution is -2.46. The summed E-state index contributed by atoms with van der Waals surface area (Å²) in [5.41, 5.74) is 0.899. The van der Waals surface area contributed by atoms with Gasteiger partial charge in [0.1, 0.15) is 6.54 Å². The summed E-state index contributed by atoms with van der Waals surface area (Å²) in [6.07, 6.45) is -2.43. The van der Waals surface area contributed by atoms with Gasteiger partial charge in [0.15, 0.2) is 0 Å². The van der Waals surface area contributed by atoms with Gasteiger partial charge < -0.3 is 14.8 Å². The van der Waals surface area contributed by atoms with E-state index in [9.17, 15) is 22.8 Å². The van der Waals surface area contributed by atoms with Crippen molar-refractivity contribution in [2.45, 2.75) is 57.8 Å². The Morgan fingerprint density at radius 1 is 1.00 bits per heavy atom. The van der Waals surface area contributed by atoms with E-state index in [-0.39, 0.29) is 11.5 Å². The third-order valence-corrected chi connectivity index (χ3v) is 5.58. The highest BCUT2D eigenvalue weighted by atomic mass is 19.4. The average Bonchev–Trinajstić information content (AvgIpc) is 2.69. The Balaban J connectivity index is 1.54. The molecule has 168 valence electrons. The molecule has 1 fully saturated rings. The number of hydrogen-bond donors (Lipinski definition) is 1. The minimum absolute atomic E-state index is 0.0703. The summed E-state index contributed by atoms with van der Waals surface area (Å²) < 4.78 is 39.3. The van der Waals surface area contributed by atoms with Gasteiger partial charge in [0.25, 0.3) is 5.56 Å². The molecule has 0 atom stereocenters. The minimum Gasteiger partial charge on any atom is -0.371 e. The molecule has 1 aliphatic heterocycles. The van der Waals surface area contributed by atoms with Gasteiger partial charge in [-0.15, -0.1) is 0 Å². The summed E-state index contributed by atoms with van der Waals surface area (Å²) in [6.45, 7) is 7.61. The van der Waals surface area contributed by atoms with Crippen molar-refractivity contribution in [3.8, 4) is 0 Å². The number of hydrogen-bond acceptors (Lipinski definition) is 3. The van der Waals surface area contributed by atoms with E-state index in [1.165, 1.54) is 5.56 Å². The summed E-state index contributed by atoms with van der Waals surface area (Å²) in [5.74, 6) is -0.464. The van der Waals surface area contributed by atoms with E-state index >= 15 is 0 Å². The van der Waals surface area contributed by atoms with E-state index < -0.39 is 29.8 Å². The number of nitrogens with zero attached hydrogens (tertiary/aromatic N) is 2. The first-order valence-electron chi connectivity index (χ1n) is 10.4. The molecule has 0 saturated carbocycles. The molecule has 0 aliphatic carbocycles. The Hall–Kier alpha value is -2.77. The van der Waals surface area contributed by atoms with Crippen LogP contribution in [-0.2, 0) is 22.9 Å². The van der Waals surface area contributed by atoms with Crippen molar-refractivity contribution in [3.63, 3.8) is 0 Å². The zero-order valence-corrected chi connectivity index (χ0v) is 18.0. The Labute approximate surface area is 179 Å². The maximum atomic E-state index is 12.8. The number of amides is 1. The number of piperidine rings is 1. The molecule has 2 heterocycles. The topological polar surface area (TPSA) is 54.3 Å². The number of rotatable bonds is 4. The molecule has 1 aliphatic rings. The van der Waals surface area contributed by atoms with Gasteiger partial charge in [0.2, 0.25) is 5.91 Å². The number of carbonyl (C=O) groups excluding carboxylic acids is 1. The quantitative estimate of drug-likeness (QED) is 0.791. The monoisotopic (exact) mass is 435 g/mol. The molecule has 1 amide bonds. The van der Waals surface area contributed by atoms with Crippen molar-refractivity contribution in [1.82, 2.24) is 9.88 Å². The number of benzene rings is 1. The molecule has 8 heteroatoms. The molecule has 0 bridgehead atoms. The van der Waals surface area contributed by atoms with Crippen molar-refractivity contribution < 1.29 is 18.0 Å². The Kier molecular flexibility index (Phi) is 6.48. The van der Waals surface area contributed by atoms with Crippen LogP contribution >= 0.6 is 0 Å². The second-order valence-corrected chi connectivity index (χ2v) is 9.01. The second-order valence-electron chi connectivity index (χ2n) is 9.01. The van der Waals surface area contributed by atoms with E-state index in [2.05, 4.69) is 55.3 Å². The van der Waals surface area contributed by atoms with Crippen LogP contribution in [0, 0.1) is 0 Å². The normalized spacial score (nSPS) is 15.7. The number of aromatic nitrogens is 1. The molecule has 1 aromatic heterocycles. The average molecular weight is 435 g/mol. The van der Waals surface area contributed by atoms with Crippen LogP contribution in [0.5, 0.6) is 0 Å². The predicted octanol–water partition coefficient (Wildman–Crippen LogP) is 3.95. The van der Waals surface area contributed by atoms with Gasteiger partial charge in [-0.1, -0.05) is 32.9 Å². The Bertz CT molecular complexity index is 967. The fourth-order valence-electron chi connectivity index (χ4n) is 3.70. The largest absolute Gasteiger partial charge is 0.417 e. The SMILES string of the molecule is CC(C)(C)c1ccc(N2CCC(NC(=O)Cn3cc(C(F)(F)F)ccc3=O)CC2)cc1. The molecular formula is C23H28F3N3O2. The molecule has 0 spiro atoms. The summed E-state index contributed by atoms with van der Waals surface area (Å²) >= 11 is 0. The van der Waals surface area contributed by atoms with Crippen molar-refractivity contribution in [2.75, 3.05) is 18.0 Å². The van der Waals surface area contributed by atoms with Crippen molar-refractivity contribution in [1.29, 1.82) is 0 Å². The lowest BCUT2D eigenvalue weighted by Gasteiger charge is -2.34. The zero-order chi connectivity index (χ0) is 22.8. The Morgan fingerprint density at radius 2 is 1.58 bits per heavy atom. The molecule has 1 N–H and O–H groups in total. The van der Waals surface area contributed by atoms with Gasteiger partial charge in [0.05, 0.1) is 5.56 Å². The van der Waals surface area contributed by atoms with Crippen LogP contribution in [0.15, 0.2) is 47.4 Å². The van der Waals surface area contributed by atoms with Gasteiger partial charge in [-0.25, -0.2) is 0 Å². The number of halogens is 3. The summed E-state index contributed by atoms with van der Waals surface area (Å²) in [6, 6.07) is 9.98. The smallest absolute Gasteiger partial charge is 0.371 e. The molecule has 31 heavy (non-hydrogen) atoms. The summed E-state index contributed by atoms with van der Waals surface area (Å²) in [5, 5.41) is 2.85. The van der Waals surface area contributed by atoms with Crippen LogP contribution in [0.25, 0.3) is 0 Å². The van der Waals surface area contributed by atoms with Crippen LogP contribution in [0.2, 0.25) is 0 Å². The highest BCUT2D eigenvalue weighted by Gasteiger charge is 2.31.